The Balaban J connectivity index is 1.58. The Morgan fingerprint density at radius 2 is 1.93 bits per heavy atom. The third-order valence-corrected chi connectivity index (χ3v) is 4.83. The van der Waals surface area contributed by atoms with E-state index in [4.69, 9.17) is 4.74 Å². The second-order valence-electron chi connectivity index (χ2n) is 7.23. The number of hydrogen-bond acceptors (Lipinski definition) is 3. The maximum atomic E-state index is 12.9. The first kappa shape index (κ1) is 19.4. The Kier molecular flexibility index (Phi) is 5.27. The van der Waals surface area contributed by atoms with E-state index in [1.54, 1.807) is 12.1 Å². The van der Waals surface area contributed by atoms with E-state index in [9.17, 15) is 18.0 Å². The fraction of sp³-hybridized carbons (Fsp3) is 0.333. The van der Waals surface area contributed by atoms with Gasteiger partial charge in [-0.1, -0.05) is 36.4 Å². The average Bonchev–Trinajstić information content (AvgIpc) is 3.41. The quantitative estimate of drug-likeness (QED) is 0.621. The van der Waals surface area contributed by atoms with Crippen molar-refractivity contribution in [3.63, 3.8) is 0 Å². The van der Waals surface area contributed by atoms with Crippen LogP contribution in [-0.2, 0) is 15.7 Å². The van der Waals surface area contributed by atoms with E-state index in [-0.39, 0.29) is 23.5 Å². The first-order valence-corrected chi connectivity index (χ1v) is 9.39. The average molecular weight is 403 g/mol. The van der Waals surface area contributed by atoms with Gasteiger partial charge in [-0.25, -0.2) is 4.98 Å². The predicted molar refractivity (Wildman–Crippen MR) is 101 cm³/mol. The molecule has 152 valence electrons. The number of halogens is 3. The zero-order valence-electron chi connectivity index (χ0n) is 15.5. The van der Waals surface area contributed by atoms with Crippen molar-refractivity contribution in [3.05, 3.63) is 65.5 Å². The molecule has 1 aliphatic rings. The fourth-order valence-electron chi connectivity index (χ4n) is 3.15. The highest BCUT2D eigenvalue weighted by molar-refractivity contribution is 5.79. The second kappa shape index (κ2) is 7.87. The summed E-state index contributed by atoms with van der Waals surface area (Å²) in [7, 11) is 0. The third kappa shape index (κ3) is 4.76. The van der Waals surface area contributed by atoms with Gasteiger partial charge in [0.25, 0.3) is 0 Å². The second-order valence-corrected chi connectivity index (χ2v) is 7.23. The van der Waals surface area contributed by atoms with Gasteiger partial charge >= 0.3 is 6.18 Å². The summed E-state index contributed by atoms with van der Waals surface area (Å²) in [6.45, 7) is 0.522. The number of nitrogens with one attached hydrogen (secondary N) is 2. The number of imidazole rings is 1. The molecule has 4 rings (SSSR count). The zero-order valence-corrected chi connectivity index (χ0v) is 15.5. The molecule has 1 aromatic heterocycles. The van der Waals surface area contributed by atoms with Crippen molar-refractivity contribution in [3.8, 4) is 0 Å². The number of aromatic nitrogens is 2. The lowest BCUT2D eigenvalue weighted by Crippen LogP contribution is -2.32. The molecule has 1 saturated carbocycles. The highest BCUT2D eigenvalue weighted by atomic mass is 19.4. The van der Waals surface area contributed by atoms with Crippen LogP contribution in [0, 0.1) is 5.92 Å². The van der Waals surface area contributed by atoms with Gasteiger partial charge in [0.05, 0.1) is 23.7 Å². The minimum atomic E-state index is -4.55. The molecule has 1 fully saturated rings. The number of hydrogen-bond donors (Lipinski definition) is 2. The molecule has 2 N–H and O–H groups in total. The Morgan fingerprint density at radius 3 is 2.62 bits per heavy atom. The number of alkyl halides is 3. The highest BCUT2D eigenvalue weighted by Crippen LogP contribution is 2.31. The largest absolute Gasteiger partial charge is 0.449 e. The molecule has 0 bridgehead atoms. The maximum Gasteiger partial charge on any atom is 0.449 e. The van der Waals surface area contributed by atoms with Gasteiger partial charge in [0, 0.05) is 0 Å². The lowest BCUT2D eigenvalue weighted by molar-refractivity contribution is -0.144. The molecule has 0 spiro atoms. The van der Waals surface area contributed by atoms with Crippen LogP contribution in [0.2, 0.25) is 0 Å². The van der Waals surface area contributed by atoms with E-state index in [0.717, 1.165) is 18.4 Å². The van der Waals surface area contributed by atoms with Gasteiger partial charge < -0.3 is 15.0 Å². The van der Waals surface area contributed by atoms with E-state index in [1.807, 2.05) is 30.3 Å². The summed E-state index contributed by atoms with van der Waals surface area (Å²) in [5, 5.41) is 2.93. The van der Waals surface area contributed by atoms with Gasteiger partial charge in [-0.2, -0.15) is 13.2 Å². The molecule has 8 heteroatoms. The van der Waals surface area contributed by atoms with Crippen molar-refractivity contribution in [2.24, 2.45) is 5.92 Å². The monoisotopic (exact) mass is 403 g/mol. The summed E-state index contributed by atoms with van der Waals surface area (Å²) in [6, 6.07) is 13.5. The summed E-state index contributed by atoms with van der Waals surface area (Å²) < 4.78 is 44.3. The van der Waals surface area contributed by atoms with E-state index >= 15 is 0 Å². The predicted octanol–water partition coefficient (Wildman–Crippen LogP) is 4.21. The number of amides is 1. The van der Waals surface area contributed by atoms with Gasteiger partial charge in [-0.3, -0.25) is 4.79 Å². The van der Waals surface area contributed by atoms with Crippen molar-refractivity contribution in [2.75, 3.05) is 13.2 Å². The fourth-order valence-corrected chi connectivity index (χ4v) is 3.15. The van der Waals surface area contributed by atoms with Crippen LogP contribution in [-0.4, -0.2) is 29.1 Å². The summed E-state index contributed by atoms with van der Waals surface area (Å²) in [6.07, 6.45) is -2.28. The van der Waals surface area contributed by atoms with Gasteiger partial charge in [-0.15, -0.1) is 0 Å². The number of carbonyl (C=O) groups is 1. The molecule has 3 aromatic rings. The van der Waals surface area contributed by atoms with Crippen LogP contribution in [0.15, 0.2) is 48.5 Å². The number of rotatable bonds is 7. The number of aromatic amines is 1. The number of carbonyl (C=O) groups excluding carboxylic acids is 1. The molecule has 1 amide bonds. The standard InChI is InChI=1S/C21H20F3N3O2/c22-21(23,24)20-25-16-9-8-15(10-17(16)26-20)19(14-4-2-1-3-5-14)27-18(28)12-29-11-13-6-7-13/h1-5,8-10,13,19H,6-7,11-12H2,(H,25,26)(H,27,28). The van der Waals surface area contributed by atoms with E-state index in [0.29, 0.717) is 18.1 Å². The summed E-state index contributed by atoms with van der Waals surface area (Å²) in [5.74, 6) is -0.767. The molecule has 1 heterocycles. The summed E-state index contributed by atoms with van der Waals surface area (Å²) in [4.78, 5) is 18.3. The normalized spacial score (nSPS) is 15.4. The van der Waals surface area contributed by atoms with Crippen molar-refractivity contribution in [1.82, 2.24) is 15.3 Å². The molecule has 0 aliphatic heterocycles. The van der Waals surface area contributed by atoms with Crippen LogP contribution >= 0.6 is 0 Å². The molecule has 0 radical (unpaired) electrons. The van der Waals surface area contributed by atoms with Crippen LogP contribution in [0.5, 0.6) is 0 Å². The smallest absolute Gasteiger partial charge is 0.371 e. The molecule has 5 nitrogen and oxygen atoms in total. The van der Waals surface area contributed by atoms with Gasteiger partial charge in [0.1, 0.15) is 6.61 Å². The number of ether oxygens (including phenoxy) is 1. The molecule has 2 aromatic carbocycles. The lowest BCUT2D eigenvalue weighted by Gasteiger charge is -2.20. The van der Waals surface area contributed by atoms with Crippen molar-refractivity contribution in [2.45, 2.75) is 25.1 Å². The maximum absolute atomic E-state index is 12.9. The number of H-pyrrole nitrogens is 1. The van der Waals surface area contributed by atoms with E-state index in [2.05, 4.69) is 15.3 Å². The summed E-state index contributed by atoms with van der Waals surface area (Å²) in [5.41, 5.74) is 1.94. The molecular formula is C21H20F3N3O2. The highest BCUT2D eigenvalue weighted by Gasteiger charge is 2.34. The minimum Gasteiger partial charge on any atom is -0.371 e. The molecule has 1 aliphatic carbocycles. The van der Waals surface area contributed by atoms with Crippen molar-refractivity contribution < 1.29 is 22.7 Å². The number of nitrogens with zero attached hydrogens (tertiary/aromatic N) is 1. The first-order chi connectivity index (χ1) is 13.9. The summed E-state index contributed by atoms with van der Waals surface area (Å²) >= 11 is 0. The minimum absolute atomic E-state index is 0.0512. The Bertz CT molecular complexity index is 997. The Morgan fingerprint density at radius 1 is 1.17 bits per heavy atom. The molecular weight excluding hydrogens is 383 g/mol. The van der Waals surface area contributed by atoms with Gasteiger partial charge in [0.15, 0.2) is 0 Å². The van der Waals surface area contributed by atoms with Crippen LogP contribution in [0.3, 0.4) is 0 Å². The molecule has 1 atom stereocenters. The topological polar surface area (TPSA) is 67.0 Å². The third-order valence-electron chi connectivity index (χ3n) is 4.83. The number of benzene rings is 2. The number of fused-ring (bicyclic) bond motifs is 1. The van der Waals surface area contributed by atoms with Crippen molar-refractivity contribution >= 4 is 16.9 Å². The van der Waals surface area contributed by atoms with E-state index in [1.165, 1.54) is 6.07 Å². The molecule has 29 heavy (non-hydrogen) atoms. The van der Waals surface area contributed by atoms with Crippen LogP contribution < -0.4 is 5.32 Å². The molecule has 0 saturated heterocycles. The van der Waals surface area contributed by atoms with Crippen LogP contribution in [0.1, 0.15) is 35.8 Å². The van der Waals surface area contributed by atoms with Gasteiger partial charge in [-0.05, 0) is 42.0 Å². The van der Waals surface area contributed by atoms with Crippen LogP contribution in [0.4, 0.5) is 13.2 Å². The van der Waals surface area contributed by atoms with Crippen LogP contribution in [0.25, 0.3) is 11.0 Å². The molecule has 1 unspecified atom stereocenters. The Hall–Kier alpha value is -2.87. The van der Waals surface area contributed by atoms with Gasteiger partial charge in [0.2, 0.25) is 11.7 Å². The Labute approximate surface area is 165 Å². The SMILES string of the molecule is O=C(COCC1CC1)NC(c1ccccc1)c1ccc2nc(C(F)(F)F)[nH]c2c1. The van der Waals surface area contributed by atoms with E-state index < -0.39 is 18.0 Å². The zero-order chi connectivity index (χ0) is 20.4. The van der Waals surface area contributed by atoms with Crippen molar-refractivity contribution in [1.29, 1.82) is 0 Å². The first-order valence-electron chi connectivity index (χ1n) is 9.39. The lowest BCUT2D eigenvalue weighted by atomic mass is 9.98.